The van der Waals surface area contributed by atoms with Crippen LogP contribution >= 0.6 is 0 Å². The Morgan fingerprint density at radius 3 is 2.68 bits per heavy atom. The van der Waals surface area contributed by atoms with Crippen molar-refractivity contribution >= 4 is 10.9 Å². The zero-order valence-electron chi connectivity index (χ0n) is 18.9. The molecule has 34 heavy (non-hydrogen) atoms. The molecular weight excluding hydrogens is 453 g/mol. The van der Waals surface area contributed by atoms with Crippen LogP contribution < -0.4 is 10.1 Å². The van der Waals surface area contributed by atoms with Crippen molar-refractivity contribution in [3.05, 3.63) is 65.1 Å². The summed E-state index contributed by atoms with van der Waals surface area (Å²) in [6.07, 6.45) is -3.63. The molecule has 3 aromatic rings. The van der Waals surface area contributed by atoms with Crippen LogP contribution in [0.25, 0.3) is 10.9 Å². The summed E-state index contributed by atoms with van der Waals surface area (Å²) in [7, 11) is 0. The van der Waals surface area contributed by atoms with Crippen molar-refractivity contribution in [2.24, 2.45) is 0 Å². The molecular formula is C25H28F5N3O. The Morgan fingerprint density at radius 1 is 1.12 bits per heavy atom. The van der Waals surface area contributed by atoms with Crippen molar-refractivity contribution in [1.29, 1.82) is 0 Å². The van der Waals surface area contributed by atoms with Crippen LogP contribution in [0.2, 0.25) is 0 Å². The zero-order valence-corrected chi connectivity index (χ0v) is 18.9. The number of aromatic amines is 1. The first-order valence-corrected chi connectivity index (χ1v) is 11.4. The lowest BCUT2D eigenvalue weighted by Crippen LogP contribution is -2.47. The summed E-state index contributed by atoms with van der Waals surface area (Å²) in [6.45, 7) is 1.20. The predicted molar refractivity (Wildman–Crippen MR) is 121 cm³/mol. The maximum Gasteiger partial charge on any atom is 0.401 e. The van der Waals surface area contributed by atoms with E-state index in [1.165, 1.54) is 17.0 Å². The molecule has 0 amide bonds. The Morgan fingerprint density at radius 2 is 1.91 bits per heavy atom. The van der Waals surface area contributed by atoms with Crippen LogP contribution in [-0.2, 0) is 6.42 Å². The molecule has 184 valence electrons. The molecule has 0 fully saturated rings. The van der Waals surface area contributed by atoms with Crippen molar-refractivity contribution in [2.75, 3.05) is 32.9 Å². The SMILES string of the molecule is C[C@@H]1Cc2c([nH]c3ccccc23)[C@@H](c2cccc(OCCNCCCF)c2F)N1CC(F)(F)F. The molecule has 0 saturated carbocycles. The summed E-state index contributed by atoms with van der Waals surface area (Å²) in [5.74, 6) is -0.699. The average molecular weight is 482 g/mol. The first-order chi connectivity index (χ1) is 16.3. The number of hydrogen-bond donors (Lipinski definition) is 2. The molecule has 0 radical (unpaired) electrons. The number of benzene rings is 2. The first-order valence-electron chi connectivity index (χ1n) is 11.4. The monoisotopic (exact) mass is 481 g/mol. The summed E-state index contributed by atoms with van der Waals surface area (Å²) in [6, 6.07) is 10.7. The Bertz CT molecular complexity index is 1110. The minimum Gasteiger partial charge on any atom is -0.489 e. The van der Waals surface area contributed by atoms with Gasteiger partial charge in [0.05, 0.1) is 19.3 Å². The number of nitrogens with zero attached hydrogens (tertiary/aromatic N) is 1. The maximum atomic E-state index is 15.7. The highest BCUT2D eigenvalue weighted by molar-refractivity contribution is 5.85. The van der Waals surface area contributed by atoms with E-state index < -0.39 is 37.3 Å². The van der Waals surface area contributed by atoms with Crippen LogP contribution in [0.15, 0.2) is 42.5 Å². The highest BCUT2D eigenvalue weighted by atomic mass is 19.4. The standard InChI is InChI=1S/C25H28F5N3O/c1-16-14-19-17-6-2-3-8-20(17)32-23(19)24(33(16)15-25(28,29)30)18-7-4-9-21(22(18)27)34-13-12-31-11-5-10-26/h2-4,6-9,16,24,31-32H,5,10-15H2,1H3/t16-,24-/m1/s1. The van der Waals surface area contributed by atoms with Crippen LogP contribution in [0, 0.1) is 5.82 Å². The van der Waals surface area contributed by atoms with E-state index in [-0.39, 0.29) is 17.9 Å². The number of fused-ring (bicyclic) bond motifs is 3. The molecule has 2 N–H and O–H groups in total. The Balaban J connectivity index is 1.70. The van der Waals surface area contributed by atoms with Gasteiger partial charge in [0.2, 0.25) is 0 Å². The van der Waals surface area contributed by atoms with Crippen LogP contribution in [-0.4, -0.2) is 55.0 Å². The van der Waals surface area contributed by atoms with Crippen molar-refractivity contribution in [3.8, 4) is 5.75 Å². The van der Waals surface area contributed by atoms with E-state index in [0.717, 1.165) is 16.5 Å². The van der Waals surface area contributed by atoms with E-state index >= 15 is 4.39 Å². The fourth-order valence-electron chi connectivity index (χ4n) is 4.70. The lowest BCUT2D eigenvalue weighted by atomic mass is 9.88. The molecule has 2 atom stereocenters. The molecule has 2 aromatic carbocycles. The maximum absolute atomic E-state index is 15.7. The largest absolute Gasteiger partial charge is 0.489 e. The number of H-pyrrole nitrogens is 1. The van der Waals surface area contributed by atoms with Gasteiger partial charge in [-0.3, -0.25) is 9.29 Å². The molecule has 4 rings (SSSR count). The van der Waals surface area contributed by atoms with Crippen molar-refractivity contribution in [1.82, 2.24) is 15.2 Å². The van der Waals surface area contributed by atoms with Crippen LogP contribution in [0.4, 0.5) is 22.0 Å². The van der Waals surface area contributed by atoms with Crippen molar-refractivity contribution in [2.45, 2.75) is 38.0 Å². The number of para-hydroxylation sites is 1. The van der Waals surface area contributed by atoms with Gasteiger partial charge in [-0.1, -0.05) is 30.3 Å². The first kappa shape index (κ1) is 24.5. The molecule has 2 heterocycles. The third-order valence-electron chi connectivity index (χ3n) is 6.19. The van der Waals surface area contributed by atoms with Crippen molar-refractivity contribution < 1.29 is 26.7 Å². The number of hydrogen-bond acceptors (Lipinski definition) is 3. The summed E-state index contributed by atoms with van der Waals surface area (Å²) < 4.78 is 74.1. The molecule has 1 aliphatic rings. The van der Waals surface area contributed by atoms with Gasteiger partial charge in [0, 0.05) is 34.7 Å². The Kier molecular flexibility index (Phi) is 7.42. The normalized spacial score (nSPS) is 18.9. The van der Waals surface area contributed by atoms with E-state index in [2.05, 4.69) is 10.3 Å². The zero-order chi connectivity index (χ0) is 24.3. The summed E-state index contributed by atoms with van der Waals surface area (Å²) in [5.41, 5.74) is 2.43. The molecule has 0 unspecified atom stereocenters. The molecule has 0 saturated heterocycles. The van der Waals surface area contributed by atoms with Gasteiger partial charge in [0.25, 0.3) is 0 Å². The quantitative estimate of drug-likeness (QED) is 0.312. The number of halogens is 5. The van der Waals surface area contributed by atoms with Gasteiger partial charge in [-0.25, -0.2) is 4.39 Å². The van der Waals surface area contributed by atoms with Gasteiger partial charge in [0.1, 0.15) is 6.61 Å². The minimum absolute atomic E-state index is 0.0207. The highest BCUT2D eigenvalue weighted by Gasteiger charge is 2.43. The molecule has 1 aromatic heterocycles. The van der Waals surface area contributed by atoms with Gasteiger partial charge < -0.3 is 15.0 Å². The average Bonchev–Trinajstić information content (AvgIpc) is 3.15. The topological polar surface area (TPSA) is 40.3 Å². The minimum atomic E-state index is -4.44. The summed E-state index contributed by atoms with van der Waals surface area (Å²) >= 11 is 0. The summed E-state index contributed by atoms with van der Waals surface area (Å²) in [5, 5.41) is 3.93. The second-order valence-electron chi connectivity index (χ2n) is 8.61. The second-order valence-corrected chi connectivity index (χ2v) is 8.61. The Labute approximate surface area is 195 Å². The number of alkyl halides is 4. The van der Waals surface area contributed by atoms with Gasteiger partial charge >= 0.3 is 6.18 Å². The summed E-state index contributed by atoms with van der Waals surface area (Å²) in [4.78, 5) is 4.57. The van der Waals surface area contributed by atoms with E-state index in [0.29, 0.717) is 31.6 Å². The predicted octanol–water partition coefficient (Wildman–Crippen LogP) is 5.53. The fourth-order valence-corrected chi connectivity index (χ4v) is 4.70. The van der Waals surface area contributed by atoms with E-state index in [1.54, 1.807) is 13.0 Å². The lowest BCUT2D eigenvalue weighted by molar-refractivity contribution is -0.155. The van der Waals surface area contributed by atoms with Crippen LogP contribution in [0.5, 0.6) is 5.75 Å². The van der Waals surface area contributed by atoms with Gasteiger partial charge in [-0.05, 0) is 44.0 Å². The number of nitrogens with one attached hydrogen (secondary N) is 2. The van der Waals surface area contributed by atoms with E-state index in [4.69, 9.17) is 4.74 Å². The van der Waals surface area contributed by atoms with E-state index in [9.17, 15) is 17.6 Å². The number of rotatable bonds is 9. The molecule has 0 spiro atoms. The lowest BCUT2D eigenvalue weighted by Gasteiger charge is -2.41. The fraction of sp³-hybridized carbons (Fsp3) is 0.440. The van der Waals surface area contributed by atoms with Crippen LogP contribution in [0.1, 0.15) is 36.2 Å². The third-order valence-corrected chi connectivity index (χ3v) is 6.19. The molecule has 4 nitrogen and oxygen atoms in total. The third kappa shape index (κ3) is 5.20. The van der Waals surface area contributed by atoms with Gasteiger partial charge in [-0.2, -0.15) is 13.2 Å². The molecule has 1 aliphatic heterocycles. The molecule has 9 heteroatoms. The van der Waals surface area contributed by atoms with Crippen LogP contribution in [0.3, 0.4) is 0 Å². The number of aromatic nitrogens is 1. The second kappa shape index (κ2) is 10.3. The van der Waals surface area contributed by atoms with Gasteiger partial charge in [0.15, 0.2) is 11.6 Å². The smallest absolute Gasteiger partial charge is 0.401 e. The molecule has 0 bridgehead atoms. The van der Waals surface area contributed by atoms with E-state index in [1.807, 2.05) is 24.3 Å². The number of ether oxygens (including phenoxy) is 1. The van der Waals surface area contributed by atoms with Crippen molar-refractivity contribution in [3.63, 3.8) is 0 Å². The Hall–Kier alpha value is -2.65. The highest BCUT2D eigenvalue weighted by Crippen LogP contribution is 2.43. The molecule has 0 aliphatic carbocycles. The van der Waals surface area contributed by atoms with Gasteiger partial charge in [-0.15, -0.1) is 0 Å².